The number of hydrogen-bond acceptors (Lipinski definition) is 5. The monoisotopic (exact) mass is 228 g/mol. The van der Waals surface area contributed by atoms with E-state index in [-0.39, 0.29) is 11.3 Å². The van der Waals surface area contributed by atoms with Crippen molar-refractivity contribution in [2.24, 2.45) is 0 Å². The Morgan fingerprint density at radius 2 is 2.29 bits per heavy atom. The molecule has 0 saturated carbocycles. The molecule has 0 spiro atoms. The number of nitrogens with one attached hydrogen (secondary N) is 1. The van der Waals surface area contributed by atoms with Crippen LogP contribution >= 0.6 is 0 Å². The summed E-state index contributed by atoms with van der Waals surface area (Å²) in [5.74, 6) is 0.101. The number of methoxy groups -OCH3 is 1. The van der Waals surface area contributed by atoms with Crippen molar-refractivity contribution in [2.45, 2.75) is 0 Å². The van der Waals surface area contributed by atoms with Gasteiger partial charge in [0.15, 0.2) is 0 Å². The van der Waals surface area contributed by atoms with Crippen LogP contribution in [0, 0.1) is 11.3 Å². The highest BCUT2D eigenvalue weighted by molar-refractivity contribution is 5.65. The summed E-state index contributed by atoms with van der Waals surface area (Å²) in [7, 11) is 1.39. The summed E-state index contributed by atoms with van der Waals surface area (Å²) in [4.78, 5) is 21.8. The first-order chi connectivity index (χ1) is 8.26. The SMILES string of the molecule is COc1c(-c2cncc(C#N)c2)nc[nH]c1=O. The van der Waals surface area contributed by atoms with Crippen molar-refractivity contribution in [3.8, 4) is 23.1 Å². The third kappa shape index (κ3) is 1.99. The number of pyridine rings is 1. The van der Waals surface area contributed by atoms with Crippen molar-refractivity contribution in [1.29, 1.82) is 5.26 Å². The highest BCUT2D eigenvalue weighted by Crippen LogP contribution is 2.23. The van der Waals surface area contributed by atoms with Crippen LogP contribution in [0.4, 0.5) is 0 Å². The van der Waals surface area contributed by atoms with Crippen molar-refractivity contribution >= 4 is 0 Å². The van der Waals surface area contributed by atoms with Gasteiger partial charge in [0.25, 0.3) is 5.56 Å². The first kappa shape index (κ1) is 10.8. The first-order valence-electron chi connectivity index (χ1n) is 4.73. The molecule has 17 heavy (non-hydrogen) atoms. The zero-order valence-corrected chi connectivity index (χ0v) is 8.97. The number of aromatic nitrogens is 3. The number of rotatable bonds is 2. The fourth-order valence-electron chi connectivity index (χ4n) is 1.41. The van der Waals surface area contributed by atoms with E-state index < -0.39 is 0 Å². The second kappa shape index (κ2) is 4.45. The number of ether oxygens (including phenoxy) is 1. The van der Waals surface area contributed by atoms with E-state index in [1.807, 2.05) is 6.07 Å². The fourth-order valence-corrected chi connectivity index (χ4v) is 1.41. The average Bonchev–Trinajstić information content (AvgIpc) is 2.38. The first-order valence-corrected chi connectivity index (χ1v) is 4.73. The summed E-state index contributed by atoms with van der Waals surface area (Å²) in [5, 5.41) is 8.78. The minimum atomic E-state index is -0.375. The van der Waals surface area contributed by atoms with Gasteiger partial charge in [0, 0.05) is 18.0 Å². The van der Waals surface area contributed by atoms with Gasteiger partial charge in [-0.15, -0.1) is 0 Å². The summed E-state index contributed by atoms with van der Waals surface area (Å²) >= 11 is 0. The number of nitriles is 1. The molecule has 84 valence electrons. The van der Waals surface area contributed by atoms with E-state index in [0.29, 0.717) is 16.8 Å². The molecule has 0 atom stereocenters. The van der Waals surface area contributed by atoms with Gasteiger partial charge in [0.2, 0.25) is 5.75 Å². The summed E-state index contributed by atoms with van der Waals surface area (Å²) in [6, 6.07) is 3.57. The van der Waals surface area contributed by atoms with Crippen molar-refractivity contribution in [1.82, 2.24) is 15.0 Å². The maximum Gasteiger partial charge on any atom is 0.293 e. The molecule has 0 bridgehead atoms. The van der Waals surface area contributed by atoms with E-state index in [1.54, 1.807) is 6.07 Å². The van der Waals surface area contributed by atoms with Crippen molar-refractivity contribution in [3.05, 3.63) is 40.7 Å². The molecule has 0 fully saturated rings. The third-order valence-corrected chi connectivity index (χ3v) is 2.16. The summed E-state index contributed by atoms with van der Waals surface area (Å²) < 4.78 is 4.99. The molecule has 6 nitrogen and oxygen atoms in total. The molecule has 2 aromatic rings. The number of hydrogen-bond donors (Lipinski definition) is 1. The number of nitrogens with zero attached hydrogens (tertiary/aromatic N) is 3. The largest absolute Gasteiger partial charge is 0.490 e. The molecule has 2 aromatic heterocycles. The van der Waals surface area contributed by atoms with Gasteiger partial charge < -0.3 is 9.72 Å². The molecule has 0 saturated heterocycles. The lowest BCUT2D eigenvalue weighted by Gasteiger charge is -2.05. The molecule has 0 aliphatic rings. The highest BCUT2D eigenvalue weighted by atomic mass is 16.5. The van der Waals surface area contributed by atoms with Gasteiger partial charge in [0.05, 0.1) is 19.0 Å². The van der Waals surface area contributed by atoms with Crippen LogP contribution < -0.4 is 10.3 Å². The second-order valence-corrected chi connectivity index (χ2v) is 3.19. The highest BCUT2D eigenvalue weighted by Gasteiger charge is 2.11. The summed E-state index contributed by atoms with van der Waals surface area (Å²) in [6.45, 7) is 0. The molecule has 2 rings (SSSR count). The van der Waals surface area contributed by atoms with Gasteiger partial charge >= 0.3 is 0 Å². The molecule has 0 aliphatic carbocycles. The van der Waals surface area contributed by atoms with Crippen LogP contribution in [-0.2, 0) is 0 Å². The van der Waals surface area contributed by atoms with E-state index >= 15 is 0 Å². The van der Waals surface area contributed by atoms with Crippen LogP contribution in [0.3, 0.4) is 0 Å². The molecular weight excluding hydrogens is 220 g/mol. The second-order valence-electron chi connectivity index (χ2n) is 3.19. The minimum absolute atomic E-state index is 0.101. The van der Waals surface area contributed by atoms with Crippen molar-refractivity contribution in [3.63, 3.8) is 0 Å². The lowest BCUT2D eigenvalue weighted by atomic mass is 10.1. The molecular formula is C11H8N4O2. The quantitative estimate of drug-likeness (QED) is 0.817. The Balaban J connectivity index is 2.65. The van der Waals surface area contributed by atoms with Crippen LogP contribution in [0.25, 0.3) is 11.3 Å². The van der Waals surface area contributed by atoms with Gasteiger partial charge in [-0.1, -0.05) is 0 Å². The maximum atomic E-state index is 11.5. The lowest BCUT2D eigenvalue weighted by molar-refractivity contribution is 0.408. The average molecular weight is 228 g/mol. The molecule has 2 heterocycles. The van der Waals surface area contributed by atoms with Crippen LogP contribution in [0.15, 0.2) is 29.6 Å². The molecule has 0 radical (unpaired) electrons. The Bertz CT molecular complexity index is 642. The zero-order valence-electron chi connectivity index (χ0n) is 8.97. The Labute approximate surface area is 96.5 Å². The minimum Gasteiger partial charge on any atom is -0.490 e. The van der Waals surface area contributed by atoms with Crippen molar-refractivity contribution in [2.75, 3.05) is 7.11 Å². The van der Waals surface area contributed by atoms with Crippen LogP contribution in [0.2, 0.25) is 0 Å². The van der Waals surface area contributed by atoms with Gasteiger partial charge in [-0.3, -0.25) is 9.78 Å². The van der Waals surface area contributed by atoms with Crippen LogP contribution in [0.5, 0.6) is 5.75 Å². The van der Waals surface area contributed by atoms with Crippen LogP contribution in [-0.4, -0.2) is 22.1 Å². The van der Waals surface area contributed by atoms with E-state index in [9.17, 15) is 4.79 Å². The molecule has 0 aliphatic heterocycles. The molecule has 0 amide bonds. The Kier molecular flexibility index (Phi) is 2.83. The van der Waals surface area contributed by atoms with Crippen molar-refractivity contribution < 1.29 is 4.74 Å². The number of aromatic amines is 1. The Morgan fingerprint density at radius 3 is 3.00 bits per heavy atom. The normalized spacial score (nSPS) is 9.65. The van der Waals surface area contributed by atoms with Gasteiger partial charge in [0.1, 0.15) is 11.8 Å². The Morgan fingerprint density at radius 1 is 1.47 bits per heavy atom. The van der Waals surface area contributed by atoms with Gasteiger partial charge in [-0.05, 0) is 6.07 Å². The van der Waals surface area contributed by atoms with Gasteiger partial charge in [-0.2, -0.15) is 5.26 Å². The molecule has 6 heteroatoms. The van der Waals surface area contributed by atoms with E-state index in [0.717, 1.165) is 0 Å². The smallest absolute Gasteiger partial charge is 0.293 e. The zero-order chi connectivity index (χ0) is 12.3. The maximum absolute atomic E-state index is 11.5. The van der Waals surface area contributed by atoms with Crippen LogP contribution in [0.1, 0.15) is 5.56 Å². The van der Waals surface area contributed by atoms with E-state index in [2.05, 4.69) is 15.0 Å². The van der Waals surface area contributed by atoms with E-state index in [4.69, 9.17) is 10.00 Å². The molecule has 0 aromatic carbocycles. The Hall–Kier alpha value is -2.68. The summed E-state index contributed by atoms with van der Waals surface area (Å²) in [6.07, 6.45) is 4.23. The predicted octanol–water partition coefficient (Wildman–Crippen LogP) is 0.712. The molecule has 0 unspecified atom stereocenters. The fraction of sp³-hybridized carbons (Fsp3) is 0.0909. The summed E-state index contributed by atoms with van der Waals surface area (Å²) in [5.41, 5.74) is 0.944. The predicted molar refractivity (Wildman–Crippen MR) is 59.4 cm³/mol. The third-order valence-electron chi connectivity index (χ3n) is 2.16. The van der Waals surface area contributed by atoms with E-state index in [1.165, 1.54) is 25.8 Å². The molecule has 1 N–H and O–H groups in total. The number of H-pyrrole nitrogens is 1. The van der Waals surface area contributed by atoms with Gasteiger partial charge in [-0.25, -0.2) is 4.98 Å². The topological polar surface area (TPSA) is 91.7 Å². The lowest BCUT2D eigenvalue weighted by Crippen LogP contribution is -2.11. The standard InChI is InChI=1S/C11H8N4O2/c1-17-10-9(14-6-15-11(10)16)8-2-7(3-12)4-13-5-8/h2,4-6H,1H3,(H,14,15,16).